The Bertz CT molecular complexity index is 2610. The lowest BCUT2D eigenvalue weighted by Crippen LogP contribution is -2.09. The van der Waals surface area contributed by atoms with Crippen molar-refractivity contribution in [1.29, 1.82) is 0 Å². The van der Waals surface area contributed by atoms with Crippen molar-refractivity contribution >= 4 is 92.9 Å². The number of hydrogen-bond donors (Lipinski definition) is 0. The van der Waals surface area contributed by atoms with E-state index in [0.29, 0.717) is 0 Å². The molecule has 0 aliphatic carbocycles. The van der Waals surface area contributed by atoms with Crippen LogP contribution in [-0.4, -0.2) is 9.97 Å². The zero-order valence-corrected chi connectivity index (χ0v) is 27.1. The fraction of sp³-hybridized carbons (Fsp3) is 0. The van der Waals surface area contributed by atoms with Crippen molar-refractivity contribution in [3.8, 4) is 21.1 Å². The lowest BCUT2D eigenvalue weighted by atomic mass is 10.1. The number of benzene rings is 7. The summed E-state index contributed by atoms with van der Waals surface area (Å²) in [4.78, 5) is 12.1. The molecule has 0 bridgehead atoms. The zero-order valence-electron chi connectivity index (χ0n) is 25.5. The summed E-state index contributed by atoms with van der Waals surface area (Å²) in [5, 5.41) is 6.62. The number of aromatic nitrogens is 2. The van der Waals surface area contributed by atoms with Gasteiger partial charge in [0.05, 0.1) is 20.4 Å². The molecule has 3 heterocycles. The maximum absolute atomic E-state index is 6.36. The third-order valence-electron chi connectivity index (χ3n) is 8.91. The minimum atomic E-state index is 0.876. The van der Waals surface area contributed by atoms with Crippen LogP contribution in [0.15, 0.2) is 156 Å². The molecule has 0 saturated heterocycles. The molecule has 0 saturated carbocycles. The van der Waals surface area contributed by atoms with Gasteiger partial charge in [-0.15, -0.1) is 22.7 Å². The van der Waals surface area contributed by atoms with E-state index in [0.717, 1.165) is 71.2 Å². The normalized spacial score (nSPS) is 11.8. The summed E-state index contributed by atoms with van der Waals surface area (Å²) in [5.41, 5.74) is 9.22. The van der Waals surface area contributed by atoms with Crippen molar-refractivity contribution in [2.75, 3.05) is 4.90 Å². The molecule has 10 rings (SSSR count). The van der Waals surface area contributed by atoms with Gasteiger partial charge in [0.25, 0.3) is 0 Å². The van der Waals surface area contributed by atoms with Gasteiger partial charge in [0.2, 0.25) is 0 Å². The van der Waals surface area contributed by atoms with Gasteiger partial charge in [0.15, 0.2) is 0 Å². The molecule has 226 valence electrons. The molecule has 48 heavy (non-hydrogen) atoms. The molecule has 0 unspecified atom stereocenters. The fourth-order valence-corrected chi connectivity index (χ4v) is 8.48. The number of para-hydroxylation sites is 2. The van der Waals surface area contributed by atoms with E-state index in [1.807, 2.05) is 12.1 Å². The quantitative estimate of drug-likeness (QED) is 0.186. The highest BCUT2D eigenvalue weighted by Crippen LogP contribution is 2.41. The molecular formula is C42H25N3OS2. The van der Waals surface area contributed by atoms with Gasteiger partial charge in [0.1, 0.15) is 21.2 Å². The Morgan fingerprint density at radius 3 is 1.52 bits per heavy atom. The number of hydrogen-bond acceptors (Lipinski definition) is 6. The molecule has 0 aliphatic rings. The van der Waals surface area contributed by atoms with Crippen molar-refractivity contribution in [2.24, 2.45) is 0 Å². The van der Waals surface area contributed by atoms with Crippen LogP contribution in [0, 0.1) is 0 Å². The summed E-state index contributed by atoms with van der Waals surface area (Å²) in [6.07, 6.45) is 0. The van der Waals surface area contributed by atoms with E-state index in [2.05, 4.69) is 144 Å². The summed E-state index contributed by atoms with van der Waals surface area (Å²) >= 11 is 3.44. The van der Waals surface area contributed by atoms with Crippen molar-refractivity contribution in [2.45, 2.75) is 0 Å². The predicted octanol–water partition coefficient (Wildman–Crippen LogP) is 12.8. The van der Waals surface area contributed by atoms with Crippen LogP contribution in [0.4, 0.5) is 17.1 Å². The Morgan fingerprint density at radius 1 is 0.438 bits per heavy atom. The smallest absolute Gasteiger partial charge is 0.136 e. The molecule has 0 fully saturated rings. The molecule has 0 spiro atoms. The first kappa shape index (κ1) is 27.3. The summed E-state index contributed by atoms with van der Waals surface area (Å²) in [7, 11) is 0. The summed E-state index contributed by atoms with van der Waals surface area (Å²) in [6.45, 7) is 0. The van der Waals surface area contributed by atoms with Crippen molar-refractivity contribution in [3.63, 3.8) is 0 Å². The second-order valence-electron chi connectivity index (χ2n) is 11.9. The molecule has 7 aromatic carbocycles. The Hall–Kier alpha value is -5.82. The highest BCUT2D eigenvalue weighted by atomic mass is 32.1. The molecule has 0 aliphatic heterocycles. The van der Waals surface area contributed by atoms with Crippen molar-refractivity contribution in [3.05, 3.63) is 152 Å². The van der Waals surface area contributed by atoms with Crippen LogP contribution in [0.1, 0.15) is 0 Å². The topological polar surface area (TPSA) is 42.2 Å². The summed E-state index contributed by atoms with van der Waals surface area (Å²) in [6, 6.07) is 53.4. The van der Waals surface area contributed by atoms with E-state index in [1.54, 1.807) is 22.7 Å². The van der Waals surface area contributed by atoms with E-state index in [9.17, 15) is 0 Å². The minimum Gasteiger partial charge on any atom is -0.456 e. The van der Waals surface area contributed by atoms with Gasteiger partial charge in [-0.1, -0.05) is 48.5 Å². The Balaban J connectivity index is 1.10. The third kappa shape index (κ3) is 4.57. The molecule has 10 aromatic rings. The molecule has 0 N–H and O–H groups in total. The first-order chi connectivity index (χ1) is 23.7. The van der Waals surface area contributed by atoms with E-state index in [1.165, 1.54) is 20.2 Å². The fourth-order valence-electron chi connectivity index (χ4n) is 6.53. The van der Waals surface area contributed by atoms with Gasteiger partial charge in [-0.2, -0.15) is 0 Å². The lowest BCUT2D eigenvalue weighted by Gasteiger charge is -2.26. The van der Waals surface area contributed by atoms with Gasteiger partial charge < -0.3 is 9.32 Å². The Kier molecular flexibility index (Phi) is 6.19. The highest BCUT2D eigenvalue weighted by molar-refractivity contribution is 7.22. The first-order valence-corrected chi connectivity index (χ1v) is 17.4. The summed E-state index contributed by atoms with van der Waals surface area (Å²) < 4.78 is 8.74. The van der Waals surface area contributed by atoms with Crippen LogP contribution < -0.4 is 4.90 Å². The van der Waals surface area contributed by atoms with Crippen molar-refractivity contribution in [1.82, 2.24) is 9.97 Å². The monoisotopic (exact) mass is 651 g/mol. The number of furan rings is 1. The van der Waals surface area contributed by atoms with E-state index < -0.39 is 0 Å². The molecule has 6 heteroatoms. The highest BCUT2D eigenvalue weighted by Gasteiger charge is 2.17. The van der Waals surface area contributed by atoms with Gasteiger partial charge in [0, 0.05) is 39.0 Å². The third-order valence-corrected chi connectivity index (χ3v) is 11.1. The van der Waals surface area contributed by atoms with Crippen LogP contribution in [-0.2, 0) is 0 Å². The average Bonchev–Trinajstić information content (AvgIpc) is 3.86. The largest absolute Gasteiger partial charge is 0.456 e. The van der Waals surface area contributed by atoms with Crippen LogP contribution in [0.3, 0.4) is 0 Å². The number of nitrogens with zero attached hydrogens (tertiary/aromatic N) is 3. The number of anilines is 3. The SMILES string of the molecule is c1ccc2cc3c(cc2c1)oc1ccc(N(c2ccc(-c4nc5ccccc5s4)cc2)c2ccc(-c4nc5ccccc5s4)cc2)cc13. The van der Waals surface area contributed by atoms with Crippen LogP contribution >= 0.6 is 22.7 Å². The molecule has 3 aromatic heterocycles. The maximum atomic E-state index is 6.36. The first-order valence-electron chi connectivity index (χ1n) is 15.8. The standard InChI is InChI=1S/C42H25N3OS2/c1-2-8-29-24-38-33(23-28(29)7-1)34-25-32(21-22-37(34)46-38)45(30-17-13-26(14-18-30)41-43-35-9-3-5-11-39(35)47-41)31-19-15-27(16-20-31)42-44-36-10-4-6-12-40(36)48-42/h1-25H. The average molecular weight is 652 g/mol. The molecule has 4 nitrogen and oxygen atoms in total. The summed E-state index contributed by atoms with van der Waals surface area (Å²) in [5.74, 6) is 0. The van der Waals surface area contributed by atoms with Gasteiger partial charge in [-0.05, 0) is 114 Å². The number of fused-ring (bicyclic) bond motifs is 6. The molecule has 0 radical (unpaired) electrons. The van der Waals surface area contributed by atoms with E-state index in [-0.39, 0.29) is 0 Å². The van der Waals surface area contributed by atoms with Gasteiger partial charge in [-0.25, -0.2) is 9.97 Å². The number of thiazole rings is 2. The van der Waals surface area contributed by atoms with Crippen LogP contribution in [0.2, 0.25) is 0 Å². The van der Waals surface area contributed by atoms with Gasteiger partial charge >= 0.3 is 0 Å². The van der Waals surface area contributed by atoms with E-state index in [4.69, 9.17) is 14.4 Å². The molecule has 0 atom stereocenters. The maximum Gasteiger partial charge on any atom is 0.136 e. The second-order valence-corrected chi connectivity index (χ2v) is 13.9. The number of rotatable bonds is 5. The van der Waals surface area contributed by atoms with Crippen molar-refractivity contribution < 1.29 is 4.42 Å². The minimum absolute atomic E-state index is 0.876. The van der Waals surface area contributed by atoms with Crippen LogP contribution in [0.25, 0.3) is 74.3 Å². The Labute approximate surface area is 283 Å². The van der Waals surface area contributed by atoms with E-state index >= 15 is 0 Å². The van der Waals surface area contributed by atoms with Gasteiger partial charge in [-0.3, -0.25) is 0 Å². The lowest BCUT2D eigenvalue weighted by molar-refractivity contribution is 0.669. The van der Waals surface area contributed by atoms with Crippen LogP contribution in [0.5, 0.6) is 0 Å². The predicted molar refractivity (Wildman–Crippen MR) is 203 cm³/mol. The molecular weight excluding hydrogens is 627 g/mol. The molecule has 0 amide bonds. The zero-order chi connectivity index (χ0) is 31.6. The Morgan fingerprint density at radius 2 is 0.938 bits per heavy atom. The second kappa shape index (κ2) is 10.9.